The average Bonchev–Trinajstić information content (AvgIpc) is 2.62. The van der Waals surface area contributed by atoms with Crippen molar-refractivity contribution in [3.63, 3.8) is 0 Å². The van der Waals surface area contributed by atoms with Gasteiger partial charge in [-0.25, -0.2) is 8.78 Å². The maximum Gasteiger partial charge on any atom is 0.257 e. The van der Waals surface area contributed by atoms with Gasteiger partial charge in [0.25, 0.3) is 11.5 Å². The summed E-state index contributed by atoms with van der Waals surface area (Å²) in [6, 6.07) is 12.3. The quantitative estimate of drug-likeness (QED) is 0.748. The standard InChI is InChI=1S/C19H13ClF2N2O2/c20-15-4-2-1-3-12(15)10-24-11-13(5-8-18(24)25)19(26)23-17-9-14(21)6-7-16(17)22/h1-9,11H,10H2,(H,23,26). The van der Waals surface area contributed by atoms with E-state index >= 15 is 0 Å². The fraction of sp³-hybridized carbons (Fsp3) is 0.0526. The van der Waals surface area contributed by atoms with Crippen molar-refractivity contribution in [2.45, 2.75) is 6.54 Å². The molecule has 0 spiro atoms. The van der Waals surface area contributed by atoms with E-state index in [1.165, 1.54) is 22.9 Å². The van der Waals surface area contributed by atoms with Crippen molar-refractivity contribution < 1.29 is 13.6 Å². The van der Waals surface area contributed by atoms with E-state index in [2.05, 4.69) is 5.32 Å². The third kappa shape index (κ3) is 3.97. The molecule has 1 amide bonds. The van der Waals surface area contributed by atoms with Crippen LogP contribution < -0.4 is 10.9 Å². The Bertz CT molecular complexity index is 1030. The van der Waals surface area contributed by atoms with Gasteiger partial charge in [0, 0.05) is 23.4 Å². The smallest absolute Gasteiger partial charge is 0.257 e. The third-order valence-corrected chi connectivity index (χ3v) is 4.09. The number of halogens is 3. The van der Waals surface area contributed by atoms with Crippen molar-refractivity contribution in [3.8, 4) is 0 Å². The largest absolute Gasteiger partial charge is 0.319 e. The number of benzene rings is 2. The zero-order chi connectivity index (χ0) is 18.7. The molecule has 0 aliphatic heterocycles. The molecule has 26 heavy (non-hydrogen) atoms. The Hall–Kier alpha value is -2.99. The van der Waals surface area contributed by atoms with Crippen LogP contribution in [0.1, 0.15) is 15.9 Å². The van der Waals surface area contributed by atoms with Crippen LogP contribution in [-0.2, 0) is 6.54 Å². The van der Waals surface area contributed by atoms with E-state index < -0.39 is 17.5 Å². The molecule has 2 aromatic carbocycles. The number of amides is 1. The molecule has 0 bridgehead atoms. The molecule has 0 unspecified atom stereocenters. The van der Waals surface area contributed by atoms with Crippen LogP contribution in [0.15, 0.2) is 65.6 Å². The maximum absolute atomic E-state index is 13.7. The lowest BCUT2D eigenvalue weighted by atomic mass is 10.2. The van der Waals surface area contributed by atoms with Gasteiger partial charge in [0.05, 0.1) is 17.8 Å². The Morgan fingerprint density at radius 2 is 1.85 bits per heavy atom. The molecule has 0 saturated carbocycles. The van der Waals surface area contributed by atoms with Crippen molar-refractivity contribution >= 4 is 23.2 Å². The highest BCUT2D eigenvalue weighted by Crippen LogP contribution is 2.17. The van der Waals surface area contributed by atoms with Gasteiger partial charge in [-0.1, -0.05) is 29.8 Å². The van der Waals surface area contributed by atoms with E-state index in [0.717, 1.165) is 18.2 Å². The van der Waals surface area contributed by atoms with Crippen LogP contribution in [0.4, 0.5) is 14.5 Å². The molecule has 4 nitrogen and oxygen atoms in total. The number of hydrogen-bond donors (Lipinski definition) is 1. The maximum atomic E-state index is 13.7. The Morgan fingerprint density at radius 3 is 2.62 bits per heavy atom. The van der Waals surface area contributed by atoms with Crippen LogP contribution in [0, 0.1) is 11.6 Å². The van der Waals surface area contributed by atoms with Gasteiger partial charge < -0.3 is 9.88 Å². The number of anilines is 1. The molecule has 7 heteroatoms. The predicted octanol–water partition coefficient (Wildman–Crippen LogP) is 4.08. The Kier molecular flexibility index (Phi) is 5.14. The first-order valence-corrected chi connectivity index (χ1v) is 8.02. The molecule has 0 radical (unpaired) electrons. The summed E-state index contributed by atoms with van der Waals surface area (Å²) in [6.45, 7) is 0.175. The monoisotopic (exact) mass is 374 g/mol. The number of nitrogens with one attached hydrogen (secondary N) is 1. The fourth-order valence-corrected chi connectivity index (χ4v) is 2.58. The Balaban J connectivity index is 1.87. The molecule has 0 fully saturated rings. The van der Waals surface area contributed by atoms with Gasteiger partial charge in [-0.05, 0) is 29.8 Å². The van der Waals surface area contributed by atoms with E-state index in [4.69, 9.17) is 11.6 Å². The lowest BCUT2D eigenvalue weighted by molar-refractivity contribution is 0.102. The molecule has 0 aliphatic rings. The van der Waals surface area contributed by atoms with Crippen molar-refractivity contribution in [1.82, 2.24) is 4.57 Å². The second kappa shape index (κ2) is 7.49. The van der Waals surface area contributed by atoms with Gasteiger partial charge in [0.2, 0.25) is 0 Å². The topological polar surface area (TPSA) is 51.1 Å². The number of aromatic nitrogens is 1. The first-order valence-electron chi connectivity index (χ1n) is 7.64. The van der Waals surface area contributed by atoms with E-state index in [1.54, 1.807) is 24.3 Å². The van der Waals surface area contributed by atoms with Crippen LogP contribution in [0.2, 0.25) is 5.02 Å². The number of rotatable bonds is 4. The van der Waals surface area contributed by atoms with Crippen molar-refractivity contribution in [3.05, 3.63) is 98.9 Å². The lowest BCUT2D eigenvalue weighted by Crippen LogP contribution is -2.23. The van der Waals surface area contributed by atoms with Crippen LogP contribution in [0.3, 0.4) is 0 Å². The summed E-state index contributed by atoms with van der Waals surface area (Å²) in [5.41, 5.74) is 0.238. The highest BCUT2D eigenvalue weighted by atomic mass is 35.5. The third-order valence-electron chi connectivity index (χ3n) is 3.72. The van der Waals surface area contributed by atoms with Crippen molar-refractivity contribution in [2.75, 3.05) is 5.32 Å². The first-order chi connectivity index (χ1) is 12.4. The van der Waals surface area contributed by atoms with Gasteiger partial charge in [0.15, 0.2) is 0 Å². The summed E-state index contributed by atoms with van der Waals surface area (Å²) in [5.74, 6) is -2.10. The molecule has 0 atom stereocenters. The molecule has 0 saturated heterocycles. The number of hydrogen-bond acceptors (Lipinski definition) is 2. The molecular formula is C19H13ClF2N2O2. The van der Waals surface area contributed by atoms with E-state index in [0.29, 0.717) is 10.6 Å². The summed E-state index contributed by atoms with van der Waals surface area (Å²) in [5, 5.41) is 2.79. The van der Waals surface area contributed by atoms with E-state index in [-0.39, 0.29) is 23.4 Å². The molecule has 132 valence electrons. The minimum Gasteiger partial charge on any atom is -0.319 e. The van der Waals surface area contributed by atoms with Gasteiger partial charge in [-0.15, -0.1) is 0 Å². The van der Waals surface area contributed by atoms with Gasteiger partial charge in [-0.2, -0.15) is 0 Å². The zero-order valence-electron chi connectivity index (χ0n) is 13.4. The molecule has 0 aliphatic carbocycles. The summed E-state index contributed by atoms with van der Waals surface area (Å²) in [7, 11) is 0. The van der Waals surface area contributed by atoms with E-state index in [1.807, 2.05) is 0 Å². The second-order valence-corrected chi connectivity index (χ2v) is 5.96. The van der Waals surface area contributed by atoms with Crippen LogP contribution >= 0.6 is 11.6 Å². The zero-order valence-corrected chi connectivity index (χ0v) is 14.1. The molecule has 1 N–H and O–H groups in total. The van der Waals surface area contributed by atoms with Crippen LogP contribution in [-0.4, -0.2) is 10.5 Å². The number of carbonyl (C=O) groups excluding carboxylic acids is 1. The van der Waals surface area contributed by atoms with Crippen LogP contribution in [0.25, 0.3) is 0 Å². The normalized spacial score (nSPS) is 10.6. The summed E-state index contributed by atoms with van der Waals surface area (Å²) < 4.78 is 28.2. The number of carbonyl (C=O) groups is 1. The highest BCUT2D eigenvalue weighted by molar-refractivity contribution is 6.31. The summed E-state index contributed by atoms with van der Waals surface area (Å²) in [6.07, 6.45) is 1.35. The van der Waals surface area contributed by atoms with Gasteiger partial charge in [-0.3, -0.25) is 9.59 Å². The average molecular weight is 375 g/mol. The molecule has 3 rings (SSSR count). The second-order valence-electron chi connectivity index (χ2n) is 5.55. The number of pyridine rings is 1. The first kappa shape index (κ1) is 17.8. The highest BCUT2D eigenvalue weighted by Gasteiger charge is 2.12. The van der Waals surface area contributed by atoms with Crippen molar-refractivity contribution in [2.24, 2.45) is 0 Å². The molecule has 3 aromatic rings. The SMILES string of the molecule is O=C(Nc1cc(F)ccc1F)c1ccc(=O)n(Cc2ccccc2Cl)c1. The summed E-state index contributed by atoms with van der Waals surface area (Å²) in [4.78, 5) is 24.4. The fourth-order valence-electron chi connectivity index (χ4n) is 2.39. The minimum absolute atomic E-state index is 0.125. The Morgan fingerprint density at radius 1 is 1.08 bits per heavy atom. The van der Waals surface area contributed by atoms with Crippen LogP contribution in [0.5, 0.6) is 0 Å². The van der Waals surface area contributed by atoms with E-state index in [9.17, 15) is 18.4 Å². The molecule has 1 aromatic heterocycles. The number of nitrogens with zero attached hydrogens (tertiary/aromatic N) is 1. The molecule has 1 heterocycles. The van der Waals surface area contributed by atoms with Gasteiger partial charge in [0.1, 0.15) is 11.6 Å². The predicted molar refractivity (Wildman–Crippen MR) is 95.6 cm³/mol. The van der Waals surface area contributed by atoms with Crippen molar-refractivity contribution in [1.29, 1.82) is 0 Å². The van der Waals surface area contributed by atoms with Gasteiger partial charge >= 0.3 is 0 Å². The Labute approximate surface area is 152 Å². The lowest BCUT2D eigenvalue weighted by Gasteiger charge is -2.10. The summed E-state index contributed by atoms with van der Waals surface area (Å²) >= 11 is 6.10. The molecular weight excluding hydrogens is 362 g/mol. The minimum atomic E-state index is -0.760.